The maximum Gasteiger partial charge on any atom is 3.00 e. The van der Waals surface area contributed by atoms with Crippen molar-refractivity contribution < 1.29 is 49.2 Å². The monoisotopic (exact) mass is 321 g/mol. The number of aliphatic carboxylic acids is 3. The van der Waals surface area contributed by atoms with Gasteiger partial charge in [0.1, 0.15) is 0 Å². The van der Waals surface area contributed by atoms with Crippen LogP contribution in [0.25, 0.3) is 0 Å². The molecule has 0 aliphatic heterocycles. The molecule has 0 bridgehead atoms. The molecule has 0 aromatic heterocycles. The number of hydrogen-bond donors (Lipinski definition) is 0. The Labute approximate surface area is 107 Å². The first-order valence-electron chi connectivity index (χ1n) is 4.41. The van der Waals surface area contributed by atoms with Gasteiger partial charge in [0.15, 0.2) is 0 Å². The number of carbonyl (C=O) groups excluding carboxylic acids is 3. The van der Waals surface area contributed by atoms with Crippen molar-refractivity contribution in [2.24, 2.45) is 0 Å². The van der Waals surface area contributed by atoms with Crippen molar-refractivity contribution in [3.63, 3.8) is 0 Å². The van der Waals surface area contributed by atoms with Crippen molar-refractivity contribution in [1.82, 2.24) is 0 Å². The van der Waals surface area contributed by atoms with Crippen LogP contribution in [0.3, 0.4) is 0 Å². The molecule has 1 radical (unpaired) electrons. The Hall–Kier alpha value is -0.967. The van der Waals surface area contributed by atoms with E-state index in [2.05, 4.69) is 0 Å². The topological polar surface area (TPSA) is 120 Å². The second-order valence-corrected chi connectivity index (χ2v) is 2.18. The summed E-state index contributed by atoms with van der Waals surface area (Å²) >= 11 is 0. The van der Waals surface area contributed by atoms with Gasteiger partial charge in [-0.25, -0.2) is 0 Å². The molecule has 0 aromatic carbocycles. The Morgan fingerprint density at radius 2 is 0.750 bits per heavy atom. The molecule has 0 saturated heterocycles. The van der Waals surface area contributed by atoms with Crippen molar-refractivity contribution >= 4 is 17.9 Å². The van der Waals surface area contributed by atoms with Gasteiger partial charge >= 0.3 is 19.5 Å². The number of carboxylic acids is 3. The van der Waals surface area contributed by atoms with Crippen LogP contribution in [0.1, 0.15) is 40.0 Å². The molecule has 0 aromatic rings. The summed E-state index contributed by atoms with van der Waals surface area (Å²) in [5.74, 6) is -2.99. The third kappa shape index (κ3) is 74.5. The zero-order valence-electron chi connectivity index (χ0n) is 9.42. The Morgan fingerprint density at radius 1 is 0.688 bits per heavy atom. The molecule has 0 aliphatic carbocycles. The first-order valence-corrected chi connectivity index (χ1v) is 4.41. The van der Waals surface area contributed by atoms with Gasteiger partial charge < -0.3 is 29.7 Å². The molecular weight excluding hydrogens is 305 g/mol. The van der Waals surface area contributed by atoms with Gasteiger partial charge in [0.25, 0.3) is 0 Å². The summed E-state index contributed by atoms with van der Waals surface area (Å²) < 4.78 is 0. The molecule has 16 heavy (non-hydrogen) atoms. The van der Waals surface area contributed by atoms with Crippen molar-refractivity contribution in [3.05, 3.63) is 0 Å². The third-order valence-electron chi connectivity index (χ3n) is 0.866. The van der Waals surface area contributed by atoms with E-state index in [1.54, 1.807) is 0 Å². The molecule has 0 atom stereocenters. The molecule has 0 fully saturated rings. The van der Waals surface area contributed by atoms with E-state index < -0.39 is 17.9 Å². The average Bonchev–Trinajstić information content (AvgIpc) is 2.19. The summed E-state index contributed by atoms with van der Waals surface area (Å²) in [5.41, 5.74) is 0. The maximum atomic E-state index is 9.26. The van der Waals surface area contributed by atoms with Crippen molar-refractivity contribution in [3.8, 4) is 0 Å². The fourth-order valence-corrected chi connectivity index (χ4v) is 0. The molecule has 0 rings (SSSR count). The normalized spacial score (nSPS) is 6.94. The molecule has 0 aliphatic rings. The van der Waals surface area contributed by atoms with Crippen LogP contribution >= 0.6 is 0 Å². The third-order valence-corrected chi connectivity index (χ3v) is 0.866. The summed E-state index contributed by atoms with van der Waals surface area (Å²) in [5, 5.41) is 27.8. The van der Waals surface area contributed by atoms with Crippen molar-refractivity contribution in [2.75, 3.05) is 0 Å². The van der Waals surface area contributed by atoms with Crippen LogP contribution in [0.2, 0.25) is 0 Å². The summed E-state index contributed by atoms with van der Waals surface area (Å²) in [6.45, 7) is 4.61. The quantitative estimate of drug-likeness (QED) is 0.527. The predicted octanol–water partition coefficient (Wildman–Crippen LogP) is -2.56. The standard InChI is InChI=1S/3C3H6O2.Ru/c3*1-2-3(4)5;/h3*2H2,1H3,(H,4,5);/q;;;+3/p-3. The van der Waals surface area contributed by atoms with E-state index in [0.717, 1.165) is 0 Å². The smallest absolute Gasteiger partial charge is 0.550 e. The minimum absolute atomic E-state index is 0. The first-order chi connectivity index (χ1) is 6.81. The zero-order valence-corrected chi connectivity index (χ0v) is 11.2. The van der Waals surface area contributed by atoms with E-state index in [-0.39, 0.29) is 38.7 Å². The van der Waals surface area contributed by atoms with Crippen LogP contribution in [-0.2, 0) is 33.9 Å². The van der Waals surface area contributed by atoms with Gasteiger partial charge in [-0.05, 0) is 19.3 Å². The van der Waals surface area contributed by atoms with Gasteiger partial charge in [0.05, 0.1) is 0 Å². The van der Waals surface area contributed by atoms with Crippen molar-refractivity contribution in [1.29, 1.82) is 0 Å². The molecule has 0 N–H and O–H groups in total. The number of carbonyl (C=O) groups is 3. The van der Waals surface area contributed by atoms with Gasteiger partial charge in [-0.3, -0.25) is 0 Å². The second kappa shape index (κ2) is 19.6. The van der Waals surface area contributed by atoms with Crippen LogP contribution in [0.15, 0.2) is 0 Å². The van der Waals surface area contributed by atoms with E-state index in [1.165, 1.54) is 20.8 Å². The molecule has 0 heterocycles. The molecule has 0 amide bonds. The largest absolute Gasteiger partial charge is 3.00 e. The van der Waals surface area contributed by atoms with E-state index >= 15 is 0 Å². The molecular formula is C9H15O6Ru. The van der Waals surface area contributed by atoms with E-state index in [4.69, 9.17) is 0 Å². The summed E-state index contributed by atoms with van der Waals surface area (Å²) in [6, 6.07) is 0. The van der Waals surface area contributed by atoms with E-state index in [0.29, 0.717) is 0 Å². The van der Waals surface area contributed by atoms with Crippen molar-refractivity contribution in [2.45, 2.75) is 40.0 Å². The predicted molar refractivity (Wildman–Crippen MR) is 45.9 cm³/mol. The number of rotatable bonds is 3. The molecule has 95 valence electrons. The number of hydrogen-bond acceptors (Lipinski definition) is 6. The Morgan fingerprint density at radius 3 is 0.750 bits per heavy atom. The van der Waals surface area contributed by atoms with Gasteiger partial charge in [-0.2, -0.15) is 0 Å². The second-order valence-electron chi connectivity index (χ2n) is 2.18. The van der Waals surface area contributed by atoms with Gasteiger partial charge in [0.2, 0.25) is 0 Å². The summed E-state index contributed by atoms with van der Waals surface area (Å²) in [6.07, 6.45) is 0.333. The molecule has 0 unspecified atom stereocenters. The van der Waals surface area contributed by atoms with E-state index in [9.17, 15) is 29.7 Å². The van der Waals surface area contributed by atoms with Crippen LogP contribution in [-0.4, -0.2) is 17.9 Å². The number of carboxylic acid groups (broad SMARTS) is 3. The maximum absolute atomic E-state index is 9.26. The summed E-state index contributed by atoms with van der Waals surface area (Å²) in [4.78, 5) is 27.8. The van der Waals surface area contributed by atoms with Gasteiger partial charge in [-0.15, -0.1) is 0 Å². The van der Waals surface area contributed by atoms with Crippen LogP contribution in [0, 0.1) is 0 Å². The minimum Gasteiger partial charge on any atom is -0.550 e. The summed E-state index contributed by atoms with van der Waals surface area (Å²) in [7, 11) is 0. The van der Waals surface area contributed by atoms with E-state index in [1.807, 2.05) is 0 Å². The van der Waals surface area contributed by atoms with Crippen LogP contribution < -0.4 is 15.3 Å². The van der Waals surface area contributed by atoms with Gasteiger partial charge in [0, 0.05) is 17.9 Å². The van der Waals surface area contributed by atoms with Crippen LogP contribution in [0.4, 0.5) is 0 Å². The Balaban J connectivity index is -0.0000000655. The minimum atomic E-state index is -0.995. The molecule has 0 spiro atoms. The molecule has 0 saturated carbocycles. The fraction of sp³-hybridized carbons (Fsp3) is 0.667. The zero-order chi connectivity index (χ0) is 12.9. The molecule has 6 nitrogen and oxygen atoms in total. The first kappa shape index (κ1) is 24.3. The average molecular weight is 320 g/mol. The fourth-order valence-electron chi connectivity index (χ4n) is 0. The van der Waals surface area contributed by atoms with Crippen LogP contribution in [0.5, 0.6) is 0 Å². The Bertz CT molecular complexity index is 159. The molecule has 7 heteroatoms. The Kier molecular flexibility index (Phi) is 29.8. The SMILES string of the molecule is CCC(=O)[O-].CCC(=O)[O-].CCC(=O)[O-].[Ru+3]. The van der Waals surface area contributed by atoms with Gasteiger partial charge in [-0.1, -0.05) is 20.8 Å².